The number of rotatable bonds is 4. The Hall–Kier alpha value is -2.77. The van der Waals surface area contributed by atoms with Gasteiger partial charge in [0, 0.05) is 24.0 Å². The molecule has 1 aliphatic carbocycles. The van der Waals surface area contributed by atoms with Gasteiger partial charge < -0.3 is 15.4 Å². The fourth-order valence-corrected chi connectivity index (χ4v) is 3.01. The summed E-state index contributed by atoms with van der Waals surface area (Å²) < 4.78 is 43.5. The molecule has 1 aromatic carbocycles. The normalized spacial score (nSPS) is 20.0. The number of nitrogens with zero attached hydrogens (tertiary/aromatic N) is 1. The molecule has 0 atom stereocenters. The van der Waals surface area contributed by atoms with Crippen molar-refractivity contribution in [2.45, 2.75) is 44.0 Å². The van der Waals surface area contributed by atoms with Crippen LogP contribution in [0.15, 0.2) is 48.7 Å². The third-order valence-electron chi connectivity index (χ3n) is 4.40. The second kappa shape index (κ2) is 8.28. The molecule has 8 heteroatoms. The van der Waals surface area contributed by atoms with Gasteiger partial charge in [-0.2, -0.15) is 13.2 Å². The number of urea groups is 1. The smallest absolute Gasteiger partial charge is 0.416 e. The molecule has 2 amide bonds. The molecule has 1 aromatic heterocycles. The number of hydrogen-bond acceptors (Lipinski definition) is 3. The van der Waals surface area contributed by atoms with E-state index in [9.17, 15) is 18.0 Å². The number of carbonyl (C=O) groups is 1. The van der Waals surface area contributed by atoms with Crippen molar-refractivity contribution in [1.29, 1.82) is 0 Å². The Kier molecular flexibility index (Phi) is 5.83. The molecule has 3 rings (SSSR count). The molecule has 0 aliphatic heterocycles. The van der Waals surface area contributed by atoms with Crippen LogP contribution in [0.25, 0.3) is 0 Å². The van der Waals surface area contributed by atoms with Gasteiger partial charge in [0.15, 0.2) is 0 Å². The molecule has 0 saturated heterocycles. The number of aromatic nitrogens is 1. The number of hydrogen-bond donors (Lipinski definition) is 2. The molecule has 0 bridgehead atoms. The number of pyridine rings is 1. The summed E-state index contributed by atoms with van der Waals surface area (Å²) in [5.41, 5.74) is -0.438. The second-order valence-corrected chi connectivity index (χ2v) is 6.43. The van der Waals surface area contributed by atoms with Gasteiger partial charge in [0.2, 0.25) is 5.88 Å². The number of ether oxygens (including phenoxy) is 1. The predicted octanol–water partition coefficient (Wildman–Crippen LogP) is 4.61. The Balaban J connectivity index is 1.43. The minimum Gasteiger partial charge on any atom is -0.474 e. The first-order chi connectivity index (χ1) is 12.9. The van der Waals surface area contributed by atoms with Crippen LogP contribution >= 0.6 is 0 Å². The summed E-state index contributed by atoms with van der Waals surface area (Å²) in [4.78, 5) is 16.2. The van der Waals surface area contributed by atoms with E-state index in [2.05, 4.69) is 15.6 Å². The summed E-state index contributed by atoms with van der Waals surface area (Å²) >= 11 is 0. The van der Waals surface area contributed by atoms with Crippen LogP contribution in [0.3, 0.4) is 0 Å². The van der Waals surface area contributed by atoms with Gasteiger partial charge in [0.05, 0.1) is 5.56 Å². The highest BCUT2D eigenvalue weighted by atomic mass is 19.4. The van der Waals surface area contributed by atoms with Gasteiger partial charge in [0.25, 0.3) is 0 Å². The summed E-state index contributed by atoms with van der Waals surface area (Å²) in [6.07, 6.45) is 0.459. The van der Waals surface area contributed by atoms with Crippen molar-refractivity contribution in [3.05, 3.63) is 54.2 Å². The Morgan fingerprint density at radius 2 is 1.74 bits per heavy atom. The molecule has 1 saturated carbocycles. The molecule has 1 heterocycles. The van der Waals surface area contributed by atoms with E-state index in [1.807, 2.05) is 18.2 Å². The van der Waals surface area contributed by atoms with Crippen LogP contribution in [0.4, 0.5) is 23.7 Å². The lowest BCUT2D eigenvalue weighted by molar-refractivity contribution is -0.137. The van der Waals surface area contributed by atoms with E-state index in [0.717, 1.165) is 37.8 Å². The average Bonchev–Trinajstić information content (AvgIpc) is 2.64. The maximum Gasteiger partial charge on any atom is 0.416 e. The van der Waals surface area contributed by atoms with Gasteiger partial charge in [-0.25, -0.2) is 9.78 Å². The van der Waals surface area contributed by atoms with Gasteiger partial charge in [-0.3, -0.25) is 0 Å². The Bertz CT molecular complexity index is 743. The Morgan fingerprint density at radius 3 is 2.33 bits per heavy atom. The molecule has 1 aliphatic rings. The number of carbonyl (C=O) groups excluding carboxylic acids is 1. The van der Waals surface area contributed by atoms with Crippen LogP contribution in [-0.2, 0) is 6.18 Å². The van der Waals surface area contributed by atoms with Gasteiger partial charge in [-0.15, -0.1) is 0 Å². The van der Waals surface area contributed by atoms with Crippen LogP contribution in [0, 0.1) is 0 Å². The fourth-order valence-electron chi connectivity index (χ4n) is 3.01. The summed E-state index contributed by atoms with van der Waals surface area (Å²) in [6.45, 7) is 0. The zero-order valence-electron chi connectivity index (χ0n) is 14.5. The Morgan fingerprint density at radius 1 is 1.04 bits per heavy atom. The van der Waals surface area contributed by atoms with Crippen LogP contribution in [-0.4, -0.2) is 23.2 Å². The molecule has 144 valence electrons. The monoisotopic (exact) mass is 379 g/mol. The van der Waals surface area contributed by atoms with Crippen molar-refractivity contribution in [2.24, 2.45) is 0 Å². The van der Waals surface area contributed by atoms with E-state index in [1.54, 1.807) is 6.20 Å². The van der Waals surface area contributed by atoms with E-state index in [1.165, 1.54) is 12.1 Å². The Labute approximate surface area is 154 Å². The molecule has 1 fully saturated rings. The zero-order valence-corrected chi connectivity index (χ0v) is 14.5. The highest BCUT2D eigenvalue weighted by Gasteiger charge is 2.30. The molecule has 27 heavy (non-hydrogen) atoms. The van der Waals surface area contributed by atoms with Gasteiger partial charge in [-0.05, 0) is 56.0 Å². The van der Waals surface area contributed by atoms with Crippen molar-refractivity contribution in [2.75, 3.05) is 5.32 Å². The van der Waals surface area contributed by atoms with Crippen LogP contribution in [0.2, 0.25) is 0 Å². The third kappa shape index (κ3) is 5.60. The van der Waals surface area contributed by atoms with E-state index < -0.39 is 17.8 Å². The largest absolute Gasteiger partial charge is 0.474 e. The predicted molar refractivity (Wildman–Crippen MR) is 94.5 cm³/mol. The number of anilines is 1. The lowest BCUT2D eigenvalue weighted by Gasteiger charge is -2.29. The highest BCUT2D eigenvalue weighted by Crippen LogP contribution is 2.30. The van der Waals surface area contributed by atoms with Crippen molar-refractivity contribution in [1.82, 2.24) is 10.3 Å². The first-order valence-corrected chi connectivity index (χ1v) is 8.72. The summed E-state index contributed by atoms with van der Waals surface area (Å²) in [7, 11) is 0. The van der Waals surface area contributed by atoms with E-state index >= 15 is 0 Å². The molecule has 0 spiro atoms. The van der Waals surface area contributed by atoms with E-state index in [4.69, 9.17) is 4.74 Å². The van der Waals surface area contributed by atoms with Crippen molar-refractivity contribution < 1.29 is 22.7 Å². The van der Waals surface area contributed by atoms with Crippen LogP contribution in [0.5, 0.6) is 5.88 Å². The lowest BCUT2D eigenvalue weighted by atomic mass is 9.93. The number of benzene rings is 1. The summed E-state index contributed by atoms with van der Waals surface area (Å²) in [5, 5.41) is 5.41. The van der Waals surface area contributed by atoms with Gasteiger partial charge in [0.1, 0.15) is 6.10 Å². The maximum absolute atomic E-state index is 12.5. The zero-order chi connectivity index (χ0) is 19.3. The third-order valence-corrected chi connectivity index (χ3v) is 4.40. The van der Waals surface area contributed by atoms with Gasteiger partial charge >= 0.3 is 12.2 Å². The topological polar surface area (TPSA) is 63.2 Å². The highest BCUT2D eigenvalue weighted by molar-refractivity contribution is 5.89. The first-order valence-electron chi connectivity index (χ1n) is 8.72. The minimum atomic E-state index is -4.39. The van der Waals surface area contributed by atoms with E-state index in [0.29, 0.717) is 11.6 Å². The van der Waals surface area contributed by atoms with Crippen LogP contribution < -0.4 is 15.4 Å². The minimum absolute atomic E-state index is 0.00281. The van der Waals surface area contributed by atoms with Crippen molar-refractivity contribution in [3.8, 4) is 5.88 Å². The van der Waals surface area contributed by atoms with Crippen molar-refractivity contribution >= 4 is 11.7 Å². The molecule has 2 aromatic rings. The van der Waals surface area contributed by atoms with Crippen molar-refractivity contribution in [3.63, 3.8) is 0 Å². The summed E-state index contributed by atoms with van der Waals surface area (Å²) in [6, 6.07) is 9.42. The fraction of sp³-hybridized carbons (Fsp3) is 0.368. The summed E-state index contributed by atoms with van der Waals surface area (Å²) in [5.74, 6) is 0.592. The molecular weight excluding hydrogens is 359 g/mol. The first kappa shape index (κ1) is 19.0. The number of alkyl halides is 3. The molecular formula is C19H20F3N3O2. The quantitative estimate of drug-likeness (QED) is 0.815. The SMILES string of the molecule is O=C(Nc1ccc(C(F)(F)F)cc1)NC1CCC(Oc2ccccn2)CC1. The lowest BCUT2D eigenvalue weighted by Crippen LogP contribution is -2.41. The number of halogens is 3. The van der Waals surface area contributed by atoms with Gasteiger partial charge in [-0.1, -0.05) is 6.07 Å². The standard InChI is InChI=1S/C19H20F3N3O2/c20-19(21,22)13-4-6-14(7-5-13)24-18(26)25-15-8-10-16(11-9-15)27-17-3-1-2-12-23-17/h1-7,12,15-16H,8-11H2,(H2,24,25,26). The second-order valence-electron chi connectivity index (χ2n) is 6.43. The van der Waals surface area contributed by atoms with E-state index in [-0.39, 0.29) is 12.1 Å². The molecule has 5 nitrogen and oxygen atoms in total. The maximum atomic E-state index is 12.5. The molecule has 0 unspecified atom stereocenters. The molecule has 0 radical (unpaired) electrons. The molecule has 2 N–H and O–H groups in total. The number of nitrogens with one attached hydrogen (secondary N) is 2. The number of amides is 2. The van der Waals surface area contributed by atoms with Crippen LogP contribution in [0.1, 0.15) is 31.2 Å². The average molecular weight is 379 g/mol.